The standard InChI is InChI=1S/C16H18ClN/c1-12(18)8-9-13-4-2-5-14(10-13)15-6-3-7-16(17)11-15/h2-7,10-12H,8-9,18H2,1H3. The molecule has 2 rings (SSSR count). The van der Waals surface area contributed by atoms with Crippen molar-refractivity contribution in [1.29, 1.82) is 0 Å². The zero-order valence-corrected chi connectivity index (χ0v) is 11.3. The molecule has 0 aliphatic heterocycles. The van der Waals surface area contributed by atoms with Crippen LogP contribution in [0, 0.1) is 0 Å². The van der Waals surface area contributed by atoms with Gasteiger partial charge in [-0.1, -0.05) is 48.0 Å². The van der Waals surface area contributed by atoms with Crippen molar-refractivity contribution < 1.29 is 0 Å². The van der Waals surface area contributed by atoms with Crippen LogP contribution in [0.4, 0.5) is 0 Å². The molecule has 0 saturated heterocycles. The average molecular weight is 260 g/mol. The van der Waals surface area contributed by atoms with Gasteiger partial charge in [0, 0.05) is 11.1 Å². The Balaban J connectivity index is 2.21. The molecule has 0 saturated carbocycles. The second-order valence-electron chi connectivity index (χ2n) is 4.73. The minimum absolute atomic E-state index is 0.250. The Morgan fingerprint density at radius 2 is 1.72 bits per heavy atom. The normalized spacial score (nSPS) is 12.4. The highest BCUT2D eigenvalue weighted by atomic mass is 35.5. The van der Waals surface area contributed by atoms with Gasteiger partial charge in [0.15, 0.2) is 0 Å². The number of benzene rings is 2. The first-order chi connectivity index (χ1) is 8.65. The van der Waals surface area contributed by atoms with Crippen molar-refractivity contribution in [3.8, 4) is 11.1 Å². The molecule has 2 aromatic rings. The SMILES string of the molecule is CC(N)CCc1cccc(-c2cccc(Cl)c2)c1. The highest BCUT2D eigenvalue weighted by Gasteiger charge is 2.01. The molecule has 94 valence electrons. The summed E-state index contributed by atoms with van der Waals surface area (Å²) in [6, 6.07) is 16.8. The molecule has 0 fully saturated rings. The van der Waals surface area contributed by atoms with Gasteiger partial charge in [-0.05, 0) is 48.6 Å². The van der Waals surface area contributed by atoms with Crippen molar-refractivity contribution in [2.45, 2.75) is 25.8 Å². The van der Waals surface area contributed by atoms with Crippen molar-refractivity contribution in [2.24, 2.45) is 5.73 Å². The molecule has 0 aromatic heterocycles. The summed E-state index contributed by atoms with van der Waals surface area (Å²) in [4.78, 5) is 0. The third-order valence-electron chi connectivity index (χ3n) is 2.97. The molecular weight excluding hydrogens is 242 g/mol. The number of halogens is 1. The van der Waals surface area contributed by atoms with Crippen molar-refractivity contribution >= 4 is 11.6 Å². The van der Waals surface area contributed by atoms with Crippen LogP contribution in [0.2, 0.25) is 5.02 Å². The van der Waals surface area contributed by atoms with Gasteiger partial charge in [0.2, 0.25) is 0 Å². The van der Waals surface area contributed by atoms with Gasteiger partial charge in [0.25, 0.3) is 0 Å². The highest BCUT2D eigenvalue weighted by molar-refractivity contribution is 6.30. The molecule has 1 atom stereocenters. The predicted molar refractivity (Wildman–Crippen MR) is 78.9 cm³/mol. The fraction of sp³-hybridized carbons (Fsp3) is 0.250. The van der Waals surface area contributed by atoms with Crippen LogP contribution in [-0.4, -0.2) is 6.04 Å². The fourth-order valence-corrected chi connectivity index (χ4v) is 2.16. The number of hydrogen-bond donors (Lipinski definition) is 1. The third-order valence-corrected chi connectivity index (χ3v) is 3.21. The Morgan fingerprint density at radius 1 is 1.06 bits per heavy atom. The van der Waals surface area contributed by atoms with Gasteiger partial charge < -0.3 is 5.73 Å². The molecule has 1 nitrogen and oxygen atoms in total. The second-order valence-corrected chi connectivity index (χ2v) is 5.16. The molecule has 0 bridgehead atoms. The van der Waals surface area contributed by atoms with E-state index in [1.54, 1.807) is 0 Å². The summed E-state index contributed by atoms with van der Waals surface area (Å²) in [6.45, 7) is 2.04. The first-order valence-electron chi connectivity index (χ1n) is 6.25. The summed E-state index contributed by atoms with van der Waals surface area (Å²) in [7, 11) is 0. The lowest BCUT2D eigenvalue weighted by Gasteiger charge is -2.08. The van der Waals surface area contributed by atoms with E-state index in [0.29, 0.717) is 0 Å². The Labute approximate surface area is 114 Å². The van der Waals surface area contributed by atoms with Crippen LogP contribution in [0.5, 0.6) is 0 Å². The molecule has 0 amide bonds. The summed E-state index contributed by atoms with van der Waals surface area (Å²) in [5.41, 5.74) is 9.48. The van der Waals surface area contributed by atoms with Gasteiger partial charge in [-0.3, -0.25) is 0 Å². The first-order valence-corrected chi connectivity index (χ1v) is 6.63. The van der Waals surface area contributed by atoms with E-state index < -0.39 is 0 Å². The van der Waals surface area contributed by atoms with Crippen LogP contribution >= 0.6 is 11.6 Å². The molecule has 0 aliphatic carbocycles. The van der Waals surface area contributed by atoms with Gasteiger partial charge in [-0.2, -0.15) is 0 Å². The molecule has 1 unspecified atom stereocenters. The summed E-state index contributed by atoms with van der Waals surface area (Å²) in [5, 5.41) is 0.772. The Bertz CT molecular complexity index is 520. The lowest BCUT2D eigenvalue weighted by atomic mass is 10.00. The fourth-order valence-electron chi connectivity index (χ4n) is 1.97. The molecular formula is C16H18ClN. The summed E-state index contributed by atoms with van der Waals surface area (Å²) < 4.78 is 0. The average Bonchev–Trinajstić information content (AvgIpc) is 2.37. The van der Waals surface area contributed by atoms with E-state index in [0.717, 1.165) is 23.4 Å². The van der Waals surface area contributed by atoms with Gasteiger partial charge in [-0.25, -0.2) is 0 Å². The van der Waals surface area contributed by atoms with Crippen LogP contribution in [0.1, 0.15) is 18.9 Å². The van der Waals surface area contributed by atoms with E-state index in [2.05, 4.69) is 30.3 Å². The Hall–Kier alpha value is -1.31. The Kier molecular flexibility index (Phi) is 4.40. The summed E-state index contributed by atoms with van der Waals surface area (Å²) in [5.74, 6) is 0. The van der Waals surface area contributed by atoms with E-state index in [9.17, 15) is 0 Å². The molecule has 2 heteroatoms. The largest absolute Gasteiger partial charge is 0.328 e. The van der Waals surface area contributed by atoms with E-state index >= 15 is 0 Å². The molecule has 0 aliphatic rings. The number of nitrogens with two attached hydrogens (primary N) is 1. The monoisotopic (exact) mass is 259 g/mol. The quantitative estimate of drug-likeness (QED) is 0.871. The minimum atomic E-state index is 0.250. The first kappa shape index (κ1) is 13.1. The molecule has 0 radical (unpaired) electrons. The van der Waals surface area contributed by atoms with E-state index in [4.69, 9.17) is 17.3 Å². The Morgan fingerprint density at radius 3 is 2.39 bits per heavy atom. The van der Waals surface area contributed by atoms with Crippen molar-refractivity contribution in [1.82, 2.24) is 0 Å². The van der Waals surface area contributed by atoms with Gasteiger partial charge >= 0.3 is 0 Å². The maximum absolute atomic E-state index is 6.02. The van der Waals surface area contributed by atoms with Gasteiger partial charge in [0.1, 0.15) is 0 Å². The van der Waals surface area contributed by atoms with Crippen molar-refractivity contribution in [2.75, 3.05) is 0 Å². The molecule has 2 N–H and O–H groups in total. The molecule has 0 heterocycles. The second kappa shape index (κ2) is 6.03. The summed E-state index contributed by atoms with van der Waals surface area (Å²) >= 11 is 6.02. The van der Waals surface area contributed by atoms with Crippen molar-refractivity contribution in [3.63, 3.8) is 0 Å². The van der Waals surface area contributed by atoms with E-state index in [1.165, 1.54) is 11.1 Å². The van der Waals surface area contributed by atoms with Crippen LogP contribution in [0.15, 0.2) is 48.5 Å². The highest BCUT2D eigenvalue weighted by Crippen LogP contribution is 2.23. The van der Waals surface area contributed by atoms with Crippen molar-refractivity contribution in [3.05, 3.63) is 59.1 Å². The number of rotatable bonds is 4. The lowest BCUT2D eigenvalue weighted by molar-refractivity contribution is 0.666. The smallest absolute Gasteiger partial charge is 0.0412 e. The van der Waals surface area contributed by atoms with Crippen LogP contribution in [-0.2, 0) is 6.42 Å². The number of aryl methyl sites for hydroxylation is 1. The van der Waals surface area contributed by atoms with E-state index in [1.807, 2.05) is 25.1 Å². The molecule has 2 aromatic carbocycles. The minimum Gasteiger partial charge on any atom is -0.328 e. The zero-order chi connectivity index (χ0) is 13.0. The maximum Gasteiger partial charge on any atom is 0.0412 e. The number of hydrogen-bond acceptors (Lipinski definition) is 1. The molecule has 18 heavy (non-hydrogen) atoms. The predicted octanol–water partition coefficient (Wildman–Crippen LogP) is 4.29. The molecule has 0 spiro atoms. The van der Waals surface area contributed by atoms with E-state index in [-0.39, 0.29) is 6.04 Å². The topological polar surface area (TPSA) is 26.0 Å². The third kappa shape index (κ3) is 3.59. The summed E-state index contributed by atoms with van der Waals surface area (Å²) in [6.07, 6.45) is 2.03. The van der Waals surface area contributed by atoms with Crippen LogP contribution < -0.4 is 5.73 Å². The zero-order valence-electron chi connectivity index (χ0n) is 10.6. The van der Waals surface area contributed by atoms with Crippen LogP contribution in [0.3, 0.4) is 0 Å². The maximum atomic E-state index is 6.02. The van der Waals surface area contributed by atoms with Gasteiger partial charge in [-0.15, -0.1) is 0 Å². The van der Waals surface area contributed by atoms with Gasteiger partial charge in [0.05, 0.1) is 0 Å². The van der Waals surface area contributed by atoms with Crippen LogP contribution in [0.25, 0.3) is 11.1 Å². The lowest BCUT2D eigenvalue weighted by Crippen LogP contribution is -2.15.